The highest BCUT2D eigenvalue weighted by atomic mass is 16.7. The summed E-state index contributed by atoms with van der Waals surface area (Å²) in [6, 6.07) is 21.5. The molecule has 0 spiro atoms. The summed E-state index contributed by atoms with van der Waals surface area (Å²) in [6.45, 7) is 2.08. The Morgan fingerprint density at radius 3 is 2.19 bits per heavy atom. The second-order valence-corrected chi connectivity index (χ2v) is 7.92. The van der Waals surface area contributed by atoms with Gasteiger partial charge in [0, 0.05) is 40.6 Å². The number of fused-ring (bicyclic) bond motifs is 1. The summed E-state index contributed by atoms with van der Waals surface area (Å²) in [5, 5.41) is 12.0. The van der Waals surface area contributed by atoms with Crippen LogP contribution < -0.4 is 35.5 Å². The van der Waals surface area contributed by atoms with Crippen LogP contribution in [0.15, 0.2) is 72.8 Å². The van der Waals surface area contributed by atoms with Gasteiger partial charge in [-0.3, -0.25) is 0 Å². The third kappa shape index (κ3) is 5.55. The van der Waals surface area contributed by atoms with Crippen molar-refractivity contribution in [1.82, 2.24) is 9.97 Å². The minimum absolute atomic E-state index is 0.180. The first-order chi connectivity index (χ1) is 17.5. The van der Waals surface area contributed by atoms with E-state index in [1.807, 2.05) is 49.4 Å². The van der Waals surface area contributed by atoms with Gasteiger partial charge in [0.2, 0.25) is 12.7 Å². The van der Waals surface area contributed by atoms with Crippen molar-refractivity contribution in [2.75, 3.05) is 35.2 Å². The Labute approximate surface area is 207 Å². The molecule has 5 rings (SSSR count). The number of hydrogen-bond donors (Lipinski definition) is 4. The number of carbonyl (C=O) groups excluding carboxylic acids is 1. The quantitative estimate of drug-likeness (QED) is 0.266. The van der Waals surface area contributed by atoms with E-state index in [4.69, 9.17) is 14.2 Å². The maximum atomic E-state index is 12.4. The van der Waals surface area contributed by atoms with Gasteiger partial charge >= 0.3 is 6.03 Å². The van der Waals surface area contributed by atoms with E-state index < -0.39 is 0 Å². The number of anilines is 6. The topological polar surface area (TPSA) is 119 Å². The Morgan fingerprint density at radius 1 is 0.778 bits per heavy atom. The van der Waals surface area contributed by atoms with Crippen molar-refractivity contribution < 1.29 is 19.0 Å². The number of hydrogen-bond acceptors (Lipinski definition) is 8. The van der Waals surface area contributed by atoms with E-state index in [1.54, 1.807) is 37.4 Å². The molecule has 4 N–H and O–H groups in total. The molecular formula is C26H24N6O4. The number of urea groups is 1. The van der Waals surface area contributed by atoms with Gasteiger partial charge in [-0.25, -0.2) is 9.78 Å². The highest BCUT2D eigenvalue weighted by molar-refractivity contribution is 6.00. The van der Waals surface area contributed by atoms with Crippen molar-refractivity contribution in [3.8, 4) is 17.2 Å². The summed E-state index contributed by atoms with van der Waals surface area (Å²) in [5.41, 5.74) is 3.70. The smallest absolute Gasteiger partial charge is 0.323 e. The first-order valence-corrected chi connectivity index (χ1v) is 11.2. The van der Waals surface area contributed by atoms with E-state index in [2.05, 4.69) is 31.2 Å². The molecule has 3 aromatic carbocycles. The summed E-state index contributed by atoms with van der Waals surface area (Å²) in [5.74, 6) is 3.15. The fraction of sp³-hybridized carbons (Fsp3) is 0.115. The second-order valence-electron chi connectivity index (χ2n) is 7.92. The van der Waals surface area contributed by atoms with E-state index in [0.717, 1.165) is 22.8 Å². The highest BCUT2D eigenvalue weighted by Gasteiger charge is 2.14. The predicted octanol–water partition coefficient (Wildman–Crippen LogP) is 5.65. The van der Waals surface area contributed by atoms with Crippen LogP contribution in [0.4, 0.5) is 39.3 Å². The lowest BCUT2D eigenvalue weighted by Crippen LogP contribution is -2.19. The maximum absolute atomic E-state index is 12.4. The van der Waals surface area contributed by atoms with Crippen molar-refractivity contribution in [2.24, 2.45) is 0 Å². The minimum Gasteiger partial charge on any atom is -0.497 e. The molecule has 0 aliphatic carbocycles. The van der Waals surface area contributed by atoms with Crippen LogP contribution in [0.3, 0.4) is 0 Å². The van der Waals surface area contributed by atoms with E-state index in [-0.39, 0.29) is 12.8 Å². The number of nitrogens with zero attached hydrogens (tertiary/aromatic N) is 2. The maximum Gasteiger partial charge on any atom is 0.323 e. The molecule has 182 valence electrons. The molecule has 0 unspecified atom stereocenters. The third-order valence-electron chi connectivity index (χ3n) is 5.25. The number of benzene rings is 3. The van der Waals surface area contributed by atoms with Crippen LogP contribution >= 0.6 is 0 Å². The number of carbonyl (C=O) groups is 1. The number of rotatable bonds is 7. The molecule has 2 heterocycles. The van der Waals surface area contributed by atoms with Crippen molar-refractivity contribution >= 4 is 40.5 Å². The van der Waals surface area contributed by atoms with Gasteiger partial charge in [0.15, 0.2) is 11.5 Å². The van der Waals surface area contributed by atoms with Gasteiger partial charge in [0.1, 0.15) is 11.6 Å². The van der Waals surface area contributed by atoms with Crippen LogP contribution in [0.25, 0.3) is 0 Å². The molecular weight excluding hydrogens is 460 g/mol. The molecule has 10 nitrogen and oxygen atoms in total. The molecule has 0 fully saturated rings. The molecule has 1 aromatic heterocycles. The fourth-order valence-corrected chi connectivity index (χ4v) is 3.54. The van der Waals surface area contributed by atoms with Crippen LogP contribution in [-0.2, 0) is 0 Å². The number of aromatic nitrogens is 2. The first kappa shape index (κ1) is 22.8. The molecule has 10 heteroatoms. The summed E-state index contributed by atoms with van der Waals surface area (Å²) in [4.78, 5) is 21.4. The lowest BCUT2D eigenvalue weighted by Gasteiger charge is -2.11. The monoisotopic (exact) mass is 484 g/mol. The van der Waals surface area contributed by atoms with E-state index in [9.17, 15) is 4.79 Å². The van der Waals surface area contributed by atoms with Crippen LogP contribution in [-0.4, -0.2) is 29.9 Å². The van der Waals surface area contributed by atoms with Crippen molar-refractivity contribution in [3.63, 3.8) is 0 Å². The van der Waals surface area contributed by atoms with Gasteiger partial charge in [-0.15, -0.1) is 0 Å². The lowest BCUT2D eigenvalue weighted by molar-refractivity contribution is 0.174. The second kappa shape index (κ2) is 10.1. The van der Waals surface area contributed by atoms with Crippen LogP contribution in [0.2, 0.25) is 0 Å². The van der Waals surface area contributed by atoms with E-state index in [0.29, 0.717) is 34.6 Å². The summed E-state index contributed by atoms with van der Waals surface area (Å²) >= 11 is 0. The van der Waals surface area contributed by atoms with Gasteiger partial charge in [-0.05, 0) is 67.6 Å². The standard InChI is InChI=1S/C26H24N6O4/c1-16-13-24(28-17-7-10-21(34-2)11-8-17)32-25(27-16)29-18-3-5-19(6-4-18)30-26(33)31-20-9-12-22-23(14-20)36-15-35-22/h3-14H,15H2,1-2H3,(H2,30,31,33)(H2,27,28,29,32). The molecule has 2 amide bonds. The molecule has 0 saturated carbocycles. The first-order valence-electron chi connectivity index (χ1n) is 11.2. The Kier molecular flexibility index (Phi) is 6.39. The molecule has 0 radical (unpaired) electrons. The Hall–Kier alpha value is -4.99. The molecule has 0 bridgehead atoms. The minimum atomic E-state index is -0.370. The number of amides is 2. The molecule has 36 heavy (non-hydrogen) atoms. The predicted molar refractivity (Wildman–Crippen MR) is 138 cm³/mol. The number of ether oxygens (including phenoxy) is 3. The van der Waals surface area contributed by atoms with Gasteiger partial charge < -0.3 is 35.5 Å². The number of nitrogens with one attached hydrogen (secondary N) is 4. The lowest BCUT2D eigenvalue weighted by atomic mass is 10.2. The average molecular weight is 485 g/mol. The largest absolute Gasteiger partial charge is 0.497 e. The van der Waals surface area contributed by atoms with Crippen molar-refractivity contribution in [1.29, 1.82) is 0 Å². The summed E-state index contributed by atoms with van der Waals surface area (Å²) in [7, 11) is 1.63. The molecule has 4 aromatic rings. The van der Waals surface area contributed by atoms with Gasteiger partial charge in [0.25, 0.3) is 0 Å². The van der Waals surface area contributed by atoms with Crippen molar-refractivity contribution in [3.05, 3.63) is 78.5 Å². The number of aryl methyl sites for hydroxylation is 1. The van der Waals surface area contributed by atoms with E-state index in [1.165, 1.54) is 0 Å². The Morgan fingerprint density at radius 2 is 1.42 bits per heavy atom. The van der Waals surface area contributed by atoms with Crippen LogP contribution in [0, 0.1) is 6.92 Å². The van der Waals surface area contributed by atoms with Crippen molar-refractivity contribution in [2.45, 2.75) is 6.92 Å². The van der Waals surface area contributed by atoms with Crippen LogP contribution in [0.5, 0.6) is 17.2 Å². The zero-order chi connectivity index (χ0) is 24.9. The molecule has 0 saturated heterocycles. The van der Waals surface area contributed by atoms with Gasteiger partial charge in [-0.2, -0.15) is 4.98 Å². The van der Waals surface area contributed by atoms with Crippen LogP contribution in [0.1, 0.15) is 5.69 Å². The zero-order valence-corrected chi connectivity index (χ0v) is 19.7. The number of methoxy groups -OCH3 is 1. The average Bonchev–Trinajstić information content (AvgIpc) is 3.33. The molecule has 1 aliphatic rings. The van der Waals surface area contributed by atoms with Gasteiger partial charge in [-0.1, -0.05) is 0 Å². The fourth-order valence-electron chi connectivity index (χ4n) is 3.54. The molecule has 0 atom stereocenters. The van der Waals surface area contributed by atoms with E-state index >= 15 is 0 Å². The Balaban J connectivity index is 1.19. The molecule has 1 aliphatic heterocycles. The third-order valence-corrected chi connectivity index (χ3v) is 5.25. The summed E-state index contributed by atoms with van der Waals surface area (Å²) in [6.07, 6.45) is 0. The highest BCUT2D eigenvalue weighted by Crippen LogP contribution is 2.34. The SMILES string of the molecule is COc1ccc(Nc2cc(C)nc(Nc3ccc(NC(=O)Nc4ccc5c(c4)OCO5)cc3)n2)cc1. The van der Waals surface area contributed by atoms with Gasteiger partial charge in [0.05, 0.1) is 7.11 Å². The Bertz CT molecular complexity index is 1380. The zero-order valence-electron chi connectivity index (χ0n) is 19.7. The summed E-state index contributed by atoms with van der Waals surface area (Å²) < 4.78 is 15.8. The normalized spacial score (nSPS) is 11.5.